The highest BCUT2D eigenvalue weighted by Gasteiger charge is 2.16. The molecule has 0 unspecified atom stereocenters. The van der Waals surface area contributed by atoms with E-state index in [4.69, 9.17) is 9.72 Å². The number of nitrogens with zero attached hydrogens (tertiary/aromatic N) is 3. The third kappa shape index (κ3) is 2.43. The number of thiazole rings is 1. The van der Waals surface area contributed by atoms with Crippen LogP contribution >= 0.6 is 11.3 Å². The summed E-state index contributed by atoms with van der Waals surface area (Å²) < 4.78 is 7.89. The van der Waals surface area contributed by atoms with Crippen molar-refractivity contribution in [3.05, 3.63) is 28.8 Å². The predicted octanol–water partition coefficient (Wildman–Crippen LogP) is 3.20. The lowest BCUT2D eigenvalue weighted by atomic mass is 10.2. The van der Waals surface area contributed by atoms with Crippen molar-refractivity contribution in [2.75, 3.05) is 32.8 Å². The van der Waals surface area contributed by atoms with E-state index in [-0.39, 0.29) is 0 Å². The molecule has 0 bridgehead atoms. The SMILES string of the molecule is Cc1ccc2c(c1)c1nc(C)sc1n2CCN1CCOCC1. The molecule has 116 valence electrons. The molecule has 1 aliphatic rings. The molecule has 3 aromatic rings. The summed E-state index contributed by atoms with van der Waals surface area (Å²) in [6, 6.07) is 6.71. The highest BCUT2D eigenvalue weighted by atomic mass is 32.1. The van der Waals surface area contributed by atoms with E-state index in [0.717, 1.165) is 44.4 Å². The summed E-state index contributed by atoms with van der Waals surface area (Å²) in [6.45, 7) is 10.2. The Morgan fingerprint density at radius 3 is 2.82 bits per heavy atom. The smallest absolute Gasteiger partial charge is 0.124 e. The van der Waals surface area contributed by atoms with Crippen molar-refractivity contribution >= 4 is 32.6 Å². The molecule has 5 heteroatoms. The van der Waals surface area contributed by atoms with Crippen molar-refractivity contribution in [1.82, 2.24) is 14.5 Å². The van der Waals surface area contributed by atoms with E-state index in [0.29, 0.717) is 0 Å². The van der Waals surface area contributed by atoms with Gasteiger partial charge in [0, 0.05) is 31.6 Å². The summed E-state index contributed by atoms with van der Waals surface area (Å²) in [5, 5.41) is 2.44. The molecule has 0 aliphatic carbocycles. The van der Waals surface area contributed by atoms with Crippen LogP contribution in [-0.4, -0.2) is 47.3 Å². The van der Waals surface area contributed by atoms with Crippen LogP contribution in [-0.2, 0) is 11.3 Å². The van der Waals surface area contributed by atoms with Crippen LogP contribution in [0.15, 0.2) is 18.2 Å². The Morgan fingerprint density at radius 1 is 1.18 bits per heavy atom. The zero-order valence-corrected chi connectivity index (χ0v) is 13.9. The topological polar surface area (TPSA) is 30.3 Å². The van der Waals surface area contributed by atoms with E-state index in [2.05, 4.69) is 41.5 Å². The molecule has 0 amide bonds. The summed E-state index contributed by atoms with van der Waals surface area (Å²) in [5.74, 6) is 0. The second kappa shape index (κ2) is 5.65. The Bertz CT molecular complexity index is 814. The molecule has 1 fully saturated rings. The largest absolute Gasteiger partial charge is 0.379 e. The Morgan fingerprint density at radius 2 is 2.00 bits per heavy atom. The fraction of sp³-hybridized carbons (Fsp3) is 0.471. The molecule has 0 N–H and O–H groups in total. The van der Waals surface area contributed by atoms with Gasteiger partial charge in [-0.05, 0) is 26.0 Å². The van der Waals surface area contributed by atoms with Gasteiger partial charge in [-0.2, -0.15) is 0 Å². The van der Waals surface area contributed by atoms with Crippen molar-refractivity contribution < 1.29 is 4.74 Å². The van der Waals surface area contributed by atoms with Gasteiger partial charge in [-0.15, -0.1) is 11.3 Å². The van der Waals surface area contributed by atoms with Crippen LogP contribution in [0.1, 0.15) is 10.6 Å². The summed E-state index contributed by atoms with van der Waals surface area (Å²) in [4.78, 5) is 8.56. The molecule has 1 aliphatic heterocycles. The Hall–Kier alpha value is -1.43. The predicted molar refractivity (Wildman–Crippen MR) is 91.8 cm³/mol. The average molecular weight is 315 g/mol. The van der Waals surface area contributed by atoms with E-state index >= 15 is 0 Å². The molecular weight excluding hydrogens is 294 g/mol. The molecule has 4 rings (SSSR count). The maximum Gasteiger partial charge on any atom is 0.124 e. The number of morpholine rings is 1. The number of aromatic nitrogens is 2. The monoisotopic (exact) mass is 315 g/mol. The normalized spacial score (nSPS) is 16.8. The lowest BCUT2D eigenvalue weighted by Gasteiger charge is -2.26. The van der Waals surface area contributed by atoms with Gasteiger partial charge in [0.2, 0.25) is 0 Å². The summed E-state index contributed by atoms with van der Waals surface area (Å²) >= 11 is 1.81. The third-order valence-electron chi connectivity index (χ3n) is 4.40. The highest BCUT2D eigenvalue weighted by molar-refractivity contribution is 7.18. The minimum Gasteiger partial charge on any atom is -0.379 e. The number of hydrogen-bond acceptors (Lipinski definition) is 4. The number of rotatable bonds is 3. The first-order chi connectivity index (χ1) is 10.7. The standard InChI is InChI=1S/C17H21N3OS/c1-12-3-4-15-14(11-12)16-17(22-13(2)18-16)20(15)6-5-19-7-9-21-10-8-19/h3-4,11H,5-10H2,1-2H3. The summed E-state index contributed by atoms with van der Waals surface area (Å²) in [5.41, 5.74) is 3.78. The molecule has 22 heavy (non-hydrogen) atoms. The van der Waals surface area contributed by atoms with Crippen molar-refractivity contribution in [2.45, 2.75) is 20.4 Å². The van der Waals surface area contributed by atoms with Gasteiger partial charge in [-0.1, -0.05) is 11.6 Å². The lowest BCUT2D eigenvalue weighted by molar-refractivity contribution is 0.0367. The summed E-state index contributed by atoms with van der Waals surface area (Å²) in [6.07, 6.45) is 0. The van der Waals surface area contributed by atoms with Crippen LogP contribution in [0.3, 0.4) is 0 Å². The van der Waals surface area contributed by atoms with E-state index in [1.807, 2.05) is 0 Å². The Labute approximate surface area is 134 Å². The van der Waals surface area contributed by atoms with Crippen molar-refractivity contribution in [2.24, 2.45) is 0 Å². The van der Waals surface area contributed by atoms with Gasteiger partial charge in [-0.25, -0.2) is 4.98 Å². The van der Waals surface area contributed by atoms with Crippen LogP contribution in [0.5, 0.6) is 0 Å². The fourth-order valence-corrected chi connectivity index (χ4v) is 4.22. The lowest BCUT2D eigenvalue weighted by Crippen LogP contribution is -2.38. The molecule has 0 radical (unpaired) electrons. The molecule has 0 spiro atoms. The van der Waals surface area contributed by atoms with Gasteiger partial charge < -0.3 is 9.30 Å². The number of aryl methyl sites for hydroxylation is 2. The maximum absolute atomic E-state index is 5.44. The molecule has 4 nitrogen and oxygen atoms in total. The molecule has 0 atom stereocenters. The minimum atomic E-state index is 0.862. The second-order valence-corrected chi connectivity index (χ2v) is 7.19. The van der Waals surface area contributed by atoms with E-state index in [1.54, 1.807) is 11.3 Å². The first-order valence-electron chi connectivity index (χ1n) is 7.88. The van der Waals surface area contributed by atoms with Gasteiger partial charge in [-0.3, -0.25) is 4.90 Å². The van der Waals surface area contributed by atoms with E-state index in [1.165, 1.54) is 26.8 Å². The van der Waals surface area contributed by atoms with Crippen molar-refractivity contribution in [3.63, 3.8) is 0 Å². The third-order valence-corrected chi connectivity index (χ3v) is 5.40. The van der Waals surface area contributed by atoms with Crippen molar-refractivity contribution in [3.8, 4) is 0 Å². The van der Waals surface area contributed by atoms with E-state index in [9.17, 15) is 0 Å². The molecule has 3 heterocycles. The van der Waals surface area contributed by atoms with Gasteiger partial charge in [0.1, 0.15) is 10.3 Å². The summed E-state index contributed by atoms with van der Waals surface area (Å²) in [7, 11) is 0. The highest BCUT2D eigenvalue weighted by Crippen LogP contribution is 2.33. The van der Waals surface area contributed by atoms with Crippen LogP contribution < -0.4 is 0 Å². The quantitative estimate of drug-likeness (QED) is 0.743. The number of benzene rings is 1. The first-order valence-corrected chi connectivity index (χ1v) is 8.70. The molecule has 0 saturated carbocycles. The maximum atomic E-state index is 5.44. The molecule has 1 saturated heterocycles. The van der Waals surface area contributed by atoms with Crippen molar-refractivity contribution in [1.29, 1.82) is 0 Å². The van der Waals surface area contributed by atoms with Crippen LogP contribution in [0.2, 0.25) is 0 Å². The number of ether oxygens (including phenoxy) is 1. The number of hydrogen-bond donors (Lipinski definition) is 0. The van der Waals surface area contributed by atoms with Crippen LogP contribution in [0.25, 0.3) is 21.3 Å². The van der Waals surface area contributed by atoms with Gasteiger partial charge in [0.05, 0.1) is 23.7 Å². The second-order valence-electron chi connectivity index (χ2n) is 6.01. The molecule has 1 aromatic carbocycles. The zero-order chi connectivity index (χ0) is 15.1. The zero-order valence-electron chi connectivity index (χ0n) is 13.1. The Kier molecular flexibility index (Phi) is 3.64. The van der Waals surface area contributed by atoms with E-state index < -0.39 is 0 Å². The Balaban J connectivity index is 1.73. The van der Waals surface area contributed by atoms with Gasteiger partial charge >= 0.3 is 0 Å². The molecule has 2 aromatic heterocycles. The van der Waals surface area contributed by atoms with Crippen LogP contribution in [0, 0.1) is 13.8 Å². The van der Waals surface area contributed by atoms with Gasteiger partial charge in [0.15, 0.2) is 0 Å². The first kappa shape index (κ1) is 14.2. The number of fused-ring (bicyclic) bond motifs is 3. The van der Waals surface area contributed by atoms with Gasteiger partial charge in [0.25, 0.3) is 0 Å². The fourth-order valence-electron chi connectivity index (χ4n) is 3.25. The molecular formula is C17H21N3OS. The average Bonchev–Trinajstić information content (AvgIpc) is 3.02. The minimum absolute atomic E-state index is 0.862. The van der Waals surface area contributed by atoms with Crippen LogP contribution in [0.4, 0.5) is 0 Å².